The number of likely N-dealkylation sites (tertiary alicyclic amines) is 1. The minimum Gasteiger partial charge on any atom is -0.496 e. The molecule has 2 aromatic rings. The van der Waals surface area contributed by atoms with Crippen molar-refractivity contribution >= 4 is 11.6 Å². The molecule has 6 heteroatoms. The molecule has 0 amide bonds. The van der Waals surface area contributed by atoms with Gasteiger partial charge in [0.2, 0.25) is 0 Å². The van der Waals surface area contributed by atoms with Crippen molar-refractivity contribution in [2.75, 3.05) is 38.7 Å². The van der Waals surface area contributed by atoms with Crippen molar-refractivity contribution in [3.05, 3.63) is 53.2 Å². The second-order valence-electron chi connectivity index (χ2n) is 8.83. The van der Waals surface area contributed by atoms with Gasteiger partial charge in [0.05, 0.1) is 19.3 Å². The maximum Gasteiger partial charge on any atom is 0.151 e. The van der Waals surface area contributed by atoms with Crippen molar-refractivity contribution < 1.29 is 14.3 Å². The van der Waals surface area contributed by atoms with Crippen LogP contribution in [0.1, 0.15) is 55.5 Å². The van der Waals surface area contributed by atoms with Crippen molar-refractivity contribution in [1.29, 1.82) is 0 Å². The van der Waals surface area contributed by atoms with Crippen LogP contribution in [0.4, 0.5) is 5.82 Å². The van der Waals surface area contributed by atoms with Gasteiger partial charge in [0, 0.05) is 37.5 Å². The third-order valence-electron chi connectivity index (χ3n) is 6.49. The number of anilines is 1. The van der Waals surface area contributed by atoms with Gasteiger partial charge in [-0.3, -0.25) is 9.69 Å². The van der Waals surface area contributed by atoms with E-state index in [0.29, 0.717) is 0 Å². The monoisotopic (exact) mass is 437 g/mol. The molecular formula is C26H35N3O3. The molecule has 6 nitrogen and oxygen atoms in total. The van der Waals surface area contributed by atoms with E-state index in [0.717, 1.165) is 81.2 Å². The first-order valence-electron chi connectivity index (χ1n) is 11.9. The summed E-state index contributed by atoms with van der Waals surface area (Å²) < 4.78 is 11.7. The number of aryl methyl sites for hydroxylation is 2. The molecule has 172 valence electrons. The molecule has 0 saturated carbocycles. The van der Waals surface area contributed by atoms with Crippen molar-refractivity contribution in [3.63, 3.8) is 0 Å². The zero-order valence-electron chi connectivity index (χ0n) is 19.3. The van der Waals surface area contributed by atoms with Crippen LogP contribution >= 0.6 is 0 Å². The van der Waals surface area contributed by atoms with Crippen molar-refractivity contribution in [1.82, 2.24) is 9.88 Å². The number of ether oxygens (including phenoxy) is 2. The number of rotatable bonds is 10. The molecular weight excluding hydrogens is 402 g/mol. The van der Waals surface area contributed by atoms with Crippen molar-refractivity contribution in [2.24, 2.45) is 0 Å². The van der Waals surface area contributed by atoms with Crippen LogP contribution in [0.5, 0.6) is 5.75 Å². The van der Waals surface area contributed by atoms with Gasteiger partial charge in [0.15, 0.2) is 5.78 Å². The summed E-state index contributed by atoms with van der Waals surface area (Å²) in [7, 11) is 1.65. The summed E-state index contributed by atoms with van der Waals surface area (Å²) in [6, 6.07) is 11.9. The third kappa shape index (κ3) is 5.48. The molecule has 2 aliphatic heterocycles. The van der Waals surface area contributed by atoms with Gasteiger partial charge in [-0.1, -0.05) is 24.3 Å². The number of carbonyl (C=O) groups is 1. The van der Waals surface area contributed by atoms with E-state index < -0.39 is 0 Å². The highest BCUT2D eigenvalue weighted by molar-refractivity contribution is 5.83. The number of aromatic nitrogens is 1. The standard InChI is InChI=1S/C26H35N3O3/c1-19(30)25(23-10-3-4-11-24(23)31-2)29-16-14-22(18-29)32-17-6-5-9-21-13-12-20-8-7-15-27-26(20)28-21/h3-4,10-13,22,25H,5-9,14-18H2,1-2H3,(H,27,28)/t22-,25-/m1/s1. The Morgan fingerprint density at radius 2 is 2.12 bits per heavy atom. The lowest BCUT2D eigenvalue weighted by Crippen LogP contribution is -2.32. The van der Waals surface area contributed by atoms with Crippen molar-refractivity contribution in [2.45, 2.75) is 57.6 Å². The van der Waals surface area contributed by atoms with Crippen LogP contribution in [-0.4, -0.2) is 55.1 Å². The molecule has 0 radical (unpaired) electrons. The first-order valence-corrected chi connectivity index (χ1v) is 11.9. The number of fused-ring (bicyclic) bond motifs is 1. The predicted molar refractivity (Wildman–Crippen MR) is 126 cm³/mol. The number of carbonyl (C=O) groups excluding carboxylic acids is 1. The highest BCUT2D eigenvalue weighted by Gasteiger charge is 2.33. The zero-order valence-corrected chi connectivity index (χ0v) is 19.3. The Balaban J connectivity index is 1.22. The second kappa shape index (κ2) is 10.9. The van der Waals surface area contributed by atoms with Gasteiger partial charge in [0.1, 0.15) is 11.6 Å². The van der Waals surface area contributed by atoms with Gasteiger partial charge in [-0.05, 0) is 63.1 Å². The number of nitrogens with zero attached hydrogens (tertiary/aromatic N) is 2. The first-order chi connectivity index (χ1) is 15.7. The van der Waals surface area contributed by atoms with Crippen LogP contribution in [0.2, 0.25) is 0 Å². The highest BCUT2D eigenvalue weighted by Crippen LogP contribution is 2.33. The van der Waals surface area contributed by atoms with Crippen LogP contribution in [0.3, 0.4) is 0 Å². The summed E-state index contributed by atoms with van der Waals surface area (Å²) in [6.45, 7) is 5.08. The average molecular weight is 438 g/mol. The lowest BCUT2D eigenvalue weighted by atomic mass is 10.0. The molecule has 0 unspecified atom stereocenters. The predicted octanol–water partition coefficient (Wildman–Crippen LogP) is 4.19. The molecule has 3 heterocycles. The Bertz CT molecular complexity index is 917. The summed E-state index contributed by atoms with van der Waals surface area (Å²) in [5.74, 6) is 1.98. The molecule has 0 aliphatic carbocycles. The smallest absolute Gasteiger partial charge is 0.151 e. The minimum atomic E-state index is -0.275. The fraction of sp³-hybridized carbons (Fsp3) is 0.538. The van der Waals surface area contributed by atoms with Gasteiger partial charge in [-0.25, -0.2) is 4.98 Å². The fourth-order valence-electron chi connectivity index (χ4n) is 4.86. The van der Waals surface area contributed by atoms with Crippen LogP contribution in [-0.2, 0) is 22.4 Å². The van der Waals surface area contributed by atoms with E-state index in [2.05, 4.69) is 22.3 Å². The van der Waals surface area contributed by atoms with E-state index in [9.17, 15) is 4.79 Å². The van der Waals surface area contributed by atoms with Crippen molar-refractivity contribution in [3.8, 4) is 5.75 Å². The highest BCUT2D eigenvalue weighted by atomic mass is 16.5. The van der Waals surface area contributed by atoms with E-state index in [1.165, 1.54) is 12.0 Å². The number of hydrogen-bond donors (Lipinski definition) is 1. The second-order valence-corrected chi connectivity index (χ2v) is 8.83. The van der Waals surface area contributed by atoms with Gasteiger partial charge >= 0.3 is 0 Å². The number of benzene rings is 1. The van der Waals surface area contributed by atoms with E-state index >= 15 is 0 Å². The van der Waals surface area contributed by atoms with Crippen LogP contribution in [0.15, 0.2) is 36.4 Å². The lowest BCUT2D eigenvalue weighted by Gasteiger charge is -2.27. The molecule has 1 aromatic carbocycles. The normalized spacial score (nSPS) is 19.2. The lowest BCUT2D eigenvalue weighted by molar-refractivity contribution is -0.122. The van der Waals surface area contributed by atoms with E-state index in [4.69, 9.17) is 14.5 Å². The number of hydrogen-bond acceptors (Lipinski definition) is 6. The largest absolute Gasteiger partial charge is 0.496 e. The number of methoxy groups -OCH3 is 1. The Morgan fingerprint density at radius 3 is 2.97 bits per heavy atom. The SMILES string of the molecule is COc1ccccc1[C@@H](C(C)=O)N1CC[C@@H](OCCCCc2ccc3c(n2)NCCC3)C1. The maximum absolute atomic E-state index is 12.5. The van der Waals surface area contributed by atoms with Crippen LogP contribution < -0.4 is 10.1 Å². The summed E-state index contributed by atoms with van der Waals surface area (Å²) in [6.07, 6.45) is 6.52. The van der Waals surface area contributed by atoms with E-state index in [-0.39, 0.29) is 17.9 Å². The van der Waals surface area contributed by atoms with E-state index in [1.54, 1.807) is 14.0 Å². The molecule has 0 bridgehead atoms. The summed E-state index contributed by atoms with van der Waals surface area (Å²) >= 11 is 0. The molecule has 2 aliphatic rings. The number of nitrogens with one attached hydrogen (secondary N) is 1. The number of ketones is 1. The zero-order chi connectivity index (χ0) is 22.3. The van der Waals surface area contributed by atoms with E-state index in [1.807, 2.05) is 24.3 Å². The molecule has 4 rings (SSSR count). The molecule has 1 saturated heterocycles. The fourth-order valence-corrected chi connectivity index (χ4v) is 4.86. The number of unbranched alkanes of at least 4 members (excludes halogenated alkanes) is 1. The average Bonchev–Trinajstić information content (AvgIpc) is 3.27. The van der Waals surface area contributed by atoms with Crippen LogP contribution in [0, 0.1) is 0 Å². The Kier molecular flexibility index (Phi) is 7.76. The quantitative estimate of drug-likeness (QED) is 0.562. The first kappa shape index (κ1) is 22.7. The summed E-state index contributed by atoms with van der Waals surface area (Å²) in [4.78, 5) is 19.5. The molecule has 1 N–H and O–H groups in total. The topological polar surface area (TPSA) is 63.7 Å². The van der Waals surface area contributed by atoms with Gasteiger partial charge < -0.3 is 14.8 Å². The van der Waals surface area contributed by atoms with Gasteiger partial charge in [0.25, 0.3) is 0 Å². The summed E-state index contributed by atoms with van der Waals surface area (Å²) in [5, 5.41) is 3.41. The van der Waals surface area contributed by atoms with Gasteiger partial charge in [-0.2, -0.15) is 0 Å². The third-order valence-corrected chi connectivity index (χ3v) is 6.49. The Hall–Kier alpha value is -2.44. The molecule has 2 atom stereocenters. The Morgan fingerprint density at radius 1 is 1.25 bits per heavy atom. The summed E-state index contributed by atoms with van der Waals surface area (Å²) in [5.41, 5.74) is 3.44. The number of para-hydroxylation sites is 1. The molecule has 1 aromatic heterocycles. The maximum atomic E-state index is 12.5. The molecule has 0 spiro atoms. The molecule has 32 heavy (non-hydrogen) atoms. The van der Waals surface area contributed by atoms with Crippen LogP contribution in [0.25, 0.3) is 0 Å². The minimum absolute atomic E-state index is 0.141. The number of Topliss-reactive ketones (excluding diaryl/α,β-unsaturated/α-hetero) is 1. The Labute approximate surface area is 191 Å². The van der Waals surface area contributed by atoms with Gasteiger partial charge in [-0.15, -0.1) is 0 Å². The molecule has 1 fully saturated rings. The number of pyridine rings is 1.